The molecule has 0 aliphatic carbocycles. The van der Waals surface area contributed by atoms with Crippen molar-refractivity contribution in [2.45, 2.75) is 18.9 Å². The first-order valence-electron chi connectivity index (χ1n) is 9.66. The van der Waals surface area contributed by atoms with Gasteiger partial charge in [0.05, 0.1) is 18.8 Å². The minimum Gasteiger partial charge on any atom is -0.469 e. The SMILES string of the molecule is COC(=O)[C@@H]1[C@H]2Oc3ccccc3[C@@H]1N(Cc1ccccc1)c1ccccc1O2. The Hall–Kier alpha value is -3.47. The quantitative estimate of drug-likeness (QED) is 0.626. The fourth-order valence-corrected chi connectivity index (χ4v) is 4.24. The van der Waals surface area contributed by atoms with Crippen LogP contribution in [-0.4, -0.2) is 19.4 Å². The molecule has 0 radical (unpaired) electrons. The summed E-state index contributed by atoms with van der Waals surface area (Å²) >= 11 is 0. The first-order valence-corrected chi connectivity index (χ1v) is 9.66. The van der Waals surface area contributed by atoms with Crippen molar-refractivity contribution in [3.05, 3.63) is 90.0 Å². The lowest BCUT2D eigenvalue weighted by Gasteiger charge is -2.40. The van der Waals surface area contributed by atoms with Crippen LogP contribution in [0.25, 0.3) is 0 Å². The van der Waals surface area contributed by atoms with E-state index in [1.54, 1.807) is 0 Å². The predicted octanol–water partition coefficient (Wildman–Crippen LogP) is 4.33. The number of carbonyl (C=O) groups excluding carboxylic acids is 1. The van der Waals surface area contributed by atoms with Crippen LogP contribution in [0.3, 0.4) is 0 Å². The van der Waals surface area contributed by atoms with E-state index in [1.165, 1.54) is 7.11 Å². The summed E-state index contributed by atoms with van der Waals surface area (Å²) in [4.78, 5) is 15.1. The molecule has 5 rings (SSSR count). The van der Waals surface area contributed by atoms with Gasteiger partial charge in [-0.1, -0.05) is 60.7 Å². The number of hydrogen-bond donors (Lipinski definition) is 0. The van der Waals surface area contributed by atoms with Gasteiger partial charge in [-0.05, 0) is 23.8 Å². The summed E-state index contributed by atoms with van der Waals surface area (Å²) in [5.41, 5.74) is 3.03. The number of nitrogens with zero attached hydrogens (tertiary/aromatic N) is 1. The lowest BCUT2D eigenvalue weighted by molar-refractivity contribution is -0.159. The Labute approximate surface area is 169 Å². The van der Waals surface area contributed by atoms with Crippen LogP contribution in [0.2, 0.25) is 0 Å². The Bertz CT molecular complexity index is 1040. The van der Waals surface area contributed by atoms with Gasteiger partial charge in [-0.25, -0.2) is 0 Å². The largest absolute Gasteiger partial charge is 0.469 e. The van der Waals surface area contributed by atoms with Gasteiger partial charge in [-0.15, -0.1) is 0 Å². The van der Waals surface area contributed by atoms with E-state index in [4.69, 9.17) is 14.2 Å². The maximum absolute atomic E-state index is 12.9. The van der Waals surface area contributed by atoms with E-state index in [0.717, 1.165) is 22.6 Å². The van der Waals surface area contributed by atoms with Crippen LogP contribution >= 0.6 is 0 Å². The van der Waals surface area contributed by atoms with E-state index < -0.39 is 12.2 Å². The summed E-state index contributed by atoms with van der Waals surface area (Å²) in [6.45, 7) is 0.625. The van der Waals surface area contributed by atoms with E-state index >= 15 is 0 Å². The molecule has 0 N–H and O–H groups in total. The molecular formula is C24H21NO4. The zero-order chi connectivity index (χ0) is 19.8. The second-order valence-electron chi connectivity index (χ2n) is 7.22. The van der Waals surface area contributed by atoms with Gasteiger partial charge < -0.3 is 19.1 Å². The Balaban J connectivity index is 1.72. The number of fused-ring (bicyclic) bond motifs is 5. The molecule has 2 heterocycles. The van der Waals surface area contributed by atoms with Gasteiger partial charge in [0.2, 0.25) is 0 Å². The molecule has 2 aliphatic heterocycles. The fraction of sp³-hybridized carbons (Fsp3) is 0.208. The molecule has 0 spiro atoms. The molecule has 0 saturated carbocycles. The van der Waals surface area contributed by atoms with Crippen molar-refractivity contribution in [2.24, 2.45) is 5.92 Å². The molecule has 29 heavy (non-hydrogen) atoms. The molecule has 5 heteroatoms. The van der Waals surface area contributed by atoms with Gasteiger partial charge in [0, 0.05) is 12.1 Å². The van der Waals surface area contributed by atoms with Gasteiger partial charge in [-0.2, -0.15) is 0 Å². The number of anilines is 1. The number of hydrogen-bond acceptors (Lipinski definition) is 5. The molecule has 2 aliphatic rings. The molecular weight excluding hydrogens is 366 g/mol. The predicted molar refractivity (Wildman–Crippen MR) is 109 cm³/mol. The molecule has 0 fully saturated rings. The molecule has 0 aromatic heterocycles. The zero-order valence-corrected chi connectivity index (χ0v) is 16.0. The second kappa shape index (κ2) is 7.17. The summed E-state index contributed by atoms with van der Waals surface area (Å²) in [5, 5.41) is 0. The zero-order valence-electron chi connectivity index (χ0n) is 16.0. The van der Waals surface area contributed by atoms with Crippen molar-refractivity contribution in [3.63, 3.8) is 0 Å². The van der Waals surface area contributed by atoms with Crippen LogP contribution < -0.4 is 14.4 Å². The van der Waals surface area contributed by atoms with Crippen LogP contribution in [0.15, 0.2) is 78.9 Å². The summed E-state index contributed by atoms with van der Waals surface area (Å²) in [6.07, 6.45) is -0.760. The maximum Gasteiger partial charge on any atom is 0.318 e. The van der Waals surface area contributed by atoms with Crippen molar-refractivity contribution in [1.82, 2.24) is 0 Å². The van der Waals surface area contributed by atoms with E-state index in [2.05, 4.69) is 17.0 Å². The van der Waals surface area contributed by atoms with Gasteiger partial charge in [-0.3, -0.25) is 4.79 Å². The smallest absolute Gasteiger partial charge is 0.318 e. The molecule has 0 saturated heterocycles. The average Bonchev–Trinajstić information content (AvgIpc) is 2.86. The van der Waals surface area contributed by atoms with Crippen LogP contribution in [-0.2, 0) is 16.1 Å². The highest BCUT2D eigenvalue weighted by atomic mass is 16.7. The molecule has 0 unspecified atom stereocenters. The number of benzene rings is 3. The summed E-state index contributed by atoms with van der Waals surface area (Å²) < 4.78 is 17.5. The van der Waals surface area contributed by atoms with Crippen LogP contribution in [0.1, 0.15) is 17.2 Å². The van der Waals surface area contributed by atoms with Crippen molar-refractivity contribution in [2.75, 3.05) is 12.0 Å². The first-order chi connectivity index (χ1) is 14.3. The average molecular weight is 387 g/mol. The molecule has 146 valence electrons. The van der Waals surface area contributed by atoms with E-state index in [0.29, 0.717) is 12.3 Å². The second-order valence-corrected chi connectivity index (χ2v) is 7.22. The monoisotopic (exact) mass is 387 g/mol. The Morgan fingerprint density at radius 3 is 2.34 bits per heavy atom. The summed E-state index contributed by atoms with van der Waals surface area (Å²) in [5.74, 6) is 0.456. The standard InChI is InChI=1S/C24H21NO4/c1-27-23(26)21-22-17-11-5-7-13-19(17)28-24(21)29-20-14-8-6-12-18(20)25(22)15-16-9-3-2-4-10-16/h2-14,21-22,24H,15H2,1H3/t21-,22+,24+/m1/s1. The normalized spacial score (nSPS) is 21.7. The van der Waals surface area contributed by atoms with E-state index in [1.807, 2.05) is 66.7 Å². The topological polar surface area (TPSA) is 48.0 Å². The molecule has 3 aromatic rings. The third kappa shape index (κ3) is 2.99. The molecule has 5 nitrogen and oxygen atoms in total. The van der Waals surface area contributed by atoms with Crippen LogP contribution in [0.4, 0.5) is 5.69 Å². The highest BCUT2D eigenvalue weighted by Crippen LogP contribution is 2.50. The van der Waals surface area contributed by atoms with Gasteiger partial charge >= 0.3 is 5.97 Å². The molecule has 2 bridgehead atoms. The van der Waals surface area contributed by atoms with Crippen molar-refractivity contribution in [1.29, 1.82) is 0 Å². The first kappa shape index (κ1) is 17.6. The van der Waals surface area contributed by atoms with Crippen LogP contribution in [0, 0.1) is 5.92 Å². The van der Waals surface area contributed by atoms with Gasteiger partial charge in [0.1, 0.15) is 11.5 Å². The minimum atomic E-state index is -0.760. The van der Waals surface area contributed by atoms with E-state index in [9.17, 15) is 4.79 Å². The van der Waals surface area contributed by atoms with Gasteiger partial charge in [0.25, 0.3) is 6.29 Å². The fourth-order valence-electron chi connectivity index (χ4n) is 4.24. The van der Waals surface area contributed by atoms with Gasteiger partial charge in [0.15, 0.2) is 5.92 Å². The highest BCUT2D eigenvalue weighted by Gasteiger charge is 2.50. The Morgan fingerprint density at radius 1 is 0.897 bits per heavy atom. The third-order valence-corrected chi connectivity index (χ3v) is 5.54. The summed E-state index contributed by atoms with van der Waals surface area (Å²) in [6, 6.07) is 25.6. The minimum absolute atomic E-state index is 0.277. The van der Waals surface area contributed by atoms with Crippen LogP contribution in [0.5, 0.6) is 11.5 Å². The maximum atomic E-state index is 12.9. The highest BCUT2D eigenvalue weighted by molar-refractivity contribution is 5.77. The number of ether oxygens (including phenoxy) is 3. The Morgan fingerprint density at radius 2 is 1.55 bits per heavy atom. The van der Waals surface area contributed by atoms with Crippen molar-refractivity contribution >= 4 is 11.7 Å². The lowest BCUT2D eigenvalue weighted by atomic mass is 9.87. The number of rotatable bonds is 3. The van der Waals surface area contributed by atoms with Crippen molar-refractivity contribution in [3.8, 4) is 11.5 Å². The molecule has 3 aromatic carbocycles. The summed E-state index contributed by atoms with van der Waals surface area (Å²) in [7, 11) is 1.41. The number of para-hydroxylation sites is 3. The Kier molecular flexibility index (Phi) is 4.35. The number of esters is 1. The number of methoxy groups -OCH3 is 1. The molecule has 0 amide bonds. The van der Waals surface area contributed by atoms with E-state index in [-0.39, 0.29) is 12.0 Å². The number of carbonyl (C=O) groups is 1. The lowest BCUT2D eigenvalue weighted by Crippen LogP contribution is -2.48. The third-order valence-electron chi connectivity index (χ3n) is 5.54. The molecule has 3 atom stereocenters. The van der Waals surface area contributed by atoms with Crippen molar-refractivity contribution < 1.29 is 19.0 Å².